The van der Waals surface area contributed by atoms with E-state index in [-0.39, 0.29) is 0 Å². The minimum atomic E-state index is 0.398. The fraction of sp³-hybridized carbons (Fsp3) is 0.933. The van der Waals surface area contributed by atoms with E-state index in [1.807, 2.05) is 7.05 Å². The zero-order valence-corrected chi connectivity index (χ0v) is 13.1. The SMILES string of the molecule is CCCCCNC(=NC)NCCCOC1CCOCC1. The maximum Gasteiger partial charge on any atom is 0.190 e. The largest absolute Gasteiger partial charge is 0.381 e. The van der Waals surface area contributed by atoms with Crippen molar-refractivity contribution in [2.45, 2.75) is 51.6 Å². The highest BCUT2D eigenvalue weighted by Gasteiger charge is 2.13. The van der Waals surface area contributed by atoms with Crippen molar-refractivity contribution in [1.82, 2.24) is 10.6 Å². The lowest BCUT2D eigenvalue weighted by atomic mass is 10.1. The van der Waals surface area contributed by atoms with Gasteiger partial charge in [0.25, 0.3) is 0 Å². The van der Waals surface area contributed by atoms with Gasteiger partial charge in [0.1, 0.15) is 0 Å². The first-order valence-electron chi connectivity index (χ1n) is 8.00. The number of nitrogens with one attached hydrogen (secondary N) is 2. The van der Waals surface area contributed by atoms with Gasteiger partial charge < -0.3 is 20.1 Å². The van der Waals surface area contributed by atoms with Crippen LogP contribution in [-0.2, 0) is 9.47 Å². The molecule has 5 heteroatoms. The number of rotatable bonds is 9. The summed E-state index contributed by atoms with van der Waals surface area (Å²) >= 11 is 0. The van der Waals surface area contributed by atoms with E-state index in [4.69, 9.17) is 9.47 Å². The molecule has 20 heavy (non-hydrogen) atoms. The monoisotopic (exact) mass is 285 g/mol. The summed E-state index contributed by atoms with van der Waals surface area (Å²) in [7, 11) is 1.81. The molecule has 1 fully saturated rings. The zero-order valence-electron chi connectivity index (χ0n) is 13.1. The molecule has 1 saturated heterocycles. The summed E-state index contributed by atoms with van der Waals surface area (Å²) in [5.74, 6) is 0.896. The standard InChI is InChI=1S/C15H31N3O2/c1-3-4-5-9-17-15(16-2)18-10-6-11-20-14-7-12-19-13-8-14/h14H,3-13H2,1-2H3,(H2,16,17,18). The van der Waals surface area contributed by atoms with E-state index in [0.717, 1.165) is 58.1 Å². The molecule has 1 aliphatic rings. The maximum absolute atomic E-state index is 5.83. The van der Waals surface area contributed by atoms with Gasteiger partial charge in [0, 0.05) is 40.0 Å². The Kier molecular flexibility index (Phi) is 10.3. The summed E-state index contributed by atoms with van der Waals surface area (Å²) in [4.78, 5) is 4.21. The van der Waals surface area contributed by atoms with Gasteiger partial charge in [-0.05, 0) is 25.7 Å². The molecule has 0 aromatic heterocycles. The van der Waals surface area contributed by atoms with Crippen molar-refractivity contribution in [2.75, 3.05) is 40.0 Å². The van der Waals surface area contributed by atoms with Crippen LogP contribution in [0.4, 0.5) is 0 Å². The molecule has 0 atom stereocenters. The Labute approximate surface area is 123 Å². The predicted octanol–water partition coefficient (Wildman–Crippen LogP) is 1.93. The Hall–Kier alpha value is -0.810. The second kappa shape index (κ2) is 12.0. The van der Waals surface area contributed by atoms with Crippen LogP contribution in [0, 0.1) is 0 Å². The summed E-state index contributed by atoms with van der Waals surface area (Å²) < 4.78 is 11.1. The summed E-state index contributed by atoms with van der Waals surface area (Å²) in [5.41, 5.74) is 0. The van der Waals surface area contributed by atoms with Gasteiger partial charge in [0.15, 0.2) is 5.96 Å². The normalized spacial score (nSPS) is 17.2. The number of nitrogens with zero attached hydrogens (tertiary/aromatic N) is 1. The topological polar surface area (TPSA) is 54.9 Å². The van der Waals surface area contributed by atoms with Gasteiger partial charge in [-0.2, -0.15) is 0 Å². The molecule has 1 rings (SSSR count). The van der Waals surface area contributed by atoms with E-state index in [0.29, 0.717) is 6.10 Å². The van der Waals surface area contributed by atoms with Crippen LogP contribution in [0.2, 0.25) is 0 Å². The molecule has 5 nitrogen and oxygen atoms in total. The highest BCUT2D eigenvalue weighted by molar-refractivity contribution is 5.79. The third kappa shape index (κ3) is 8.38. The van der Waals surface area contributed by atoms with Crippen LogP contribution >= 0.6 is 0 Å². The molecule has 0 spiro atoms. The van der Waals surface area contributed by atoms with Gasteiger partial charge in [-0.15, -0.1) is 0 Å². The molecule has 1 heterocycles. The predicted molar refractivity (Wildman–Crippen MR) is 83.3 cm³/mol. The van der Waals surface area contributed by atoms with Gasteiger partial charge in [-0.1, -0.05) is 19.8 Å². The van der Waals surface area contributed by atoms with E-state index in [2.05, 4.69) is 22.5 Å². The third-order valence-corrected chi connectivity index (χ3v) is 3.43. The molecule has 0 amide bonds. The first-order valence-corrected chi connectivity index (χ1v) is 8.00. The lowest BCUT2D eigenvalue weighted by molar-refractivity contribution is -0.0320. The summed E-state index contributed by atoms with van der Waals surface area (Å²) in [6.45, 7) is 6.60. The Morgan fingerprint density at radius 1 is 1.15 bits per heavy atom. The molecule has 118 valence electrons. The highest BCUT2D eigenvalue weighted by atomic mass is 16.5. The lowest BCUT2D eigenvalue weighted by Crippen LogP contribution is -2.38. The Morgan fingerprint density at radius 3 is 2.50 bits per heavy atom. The fourth-order valence-corrected chi connectivity index (χ4v) is 2.17. The second-order valence-corrected chi connectivity index (χ2v) is 5.17. The minimum Gasteiger partial charge on any atom is -0.381 e. The van der Waals surface area contributed by atoms with Crippen LogP contribution in [0.25, 0.3) is 0 Å². The van der Waals surface area contributed by atoms with E-state index in [1.54, 1.807) is 0 Å². The van der Waals surface area contributed by atoms with Crippen LogP contribution in [0.15, 0.2) is 4.99 Å². The van der Waals surface area contributed by atoms with Gasteiger partial charge >= 0.3 is 0 Å². The lowest BCUT2D eigenvalue weighted by Gasteiger charge is -2.22. The Bertz CT molecular complexity index is 254. The van der Waals surface area contributed by atoms with Gasteiger partial charge in [0.2, 0.25) is 0 Å². The summed E-state index contributed by atoms with van der Waals surface area (Å²) in [6, 6.07) is 0. The molecule has 0 bridgehead atoms. The van der Waals surface area contributed by atoms with Crippen molar-refractivity contribution in [2.24, 2.45) is 4.99 Å². The molecule has 0 saturated carbocycles. The average Bonchev–Trinajstić information content (AvgIpc) is 2.50. The Morgan fingerprint density at radius 2 is 1.85 bits per heavy atom. The number of hydrogen-bond donors (Lipinski definition) is 2. The molecule has 0 radical (unpaired) electrons. The van der Waals surface area contributed by atoms with E-state index >= 15 is 0 Å². The van der Waals surface area contributed by atoms with Crippen molar-refractivity contribution in [3.05, 3.63) is 0 Å². The summed E-state index contributed by atoms with van der Waals surface area (Å²) in [6.07, 6.45) is 7.19. The van der Waals surface area contributed by atoms with Gasteiger partial charge in [-0.3, -0.25) is 4.99 Å². The van der Waals surface area contributed by atoms with Crippen LogP contribution in [-0.4, -0.2) is 52.0 Å². The highest BCUT2D eigenvalue weighted by Crippen LogP contribution is 2.10. The molecule has 0 aromatic rings. The fourth-order valence-electron chi connectivity index (χ4n) is 2.17. The number of unbranched alkanes of at least 4 members (excludes halogenated alkanes) is 2. The van der Waals surface area contributed by atoms with E-state index < -0.39 is 0 Å². The van der Waals surface area contributed by atoms with Crippen molar-refractivity contribution in [1.29, 1.82) is 0 Å². The van der Waals surface area contributed by atoms with Crippen molar-refractivity contribution in [3.8, 4) is 0 Å². The summed E-state index contributed by atoms with van der Waals surface area (Å²) in [5, 5.41) is 6.64. The maximum atomic E-state index is 5.83. The molecule has 0 unspecified atom stereocenters. The third-order valence-electron chi connectivity index (χ3n) is 3.43. The van der Waals surface area contributed by atoms with Crippen LogP contribution in [0.1, 0.15) is 45.4 Å². The second-order valence-electron chi connectivity index (χ2n) is 5.17. The quantitative estimate of drug-likeness (QED) is 0.386. The number of aliphatic imine (C=N–C) groups is 1. The number of ether oxygens (including phenoxy) is 2. The number of guanidine groups is 1. The van der Waals surface area contributed by atoms with Crippen molar-refractivity contribution in [3.63, 3.8) is 0 Å². The molecule has 1 aliphatic heterocycles. The molecule has 2 N–H and O–H groups in total. The first-order chi connectivity index (χ1) is 9.86. The number of hydrogen-bond acceptors (Lipinski definition) is 3. The Balaban J connectivity index is 1.95. The van der Waals surface area contributed by atoms with E-state index in [1.165, 1.54) is 19.3 Å². The van der Waals surface area contributed by atoms with Crippen molar-refractivity contribution >= 4 is 5.96 Å². The van der Waals surface area contributed by atoms with Crippen LogP contribution < -0.4 is 10.6 Å². The zero-order chi connectivity index (χ0) is 14.5. The van der Waals surface area contributed by atoms with Gasteiger partial charge in [0.05, 0.1) is 6.10 Å². The van der Waals surface area contributed by atoms with Crippen LogP contribution in [0.5, 0.6) is 0 Å². The van der Waals surface area contributed by atoms with Gasteiger partial charge in [-0.25, -0.2) is 0 Å². The molecule has 0 aliphatic carbocycles. The molecular formula is C15H31N3O2. The smallest absolute Gasteiger partial charge is 0.190 e. The molecule has 0 aromatic carbocycles. The van der Waals surface area contributed by atoms with Crippen LogP contribution in [0.3, 0.4) is 0 Å². The average molecular weight is 285 g/mol. The first kappa shape index (κ1) is 17.2. The molecular weight excluding hydrogens is 254 g/mol. The minimum absolute atomic E-state index is 0.398. The van der Waals surface area contributed by atoms with Crippen molar-refractivity contribution < 1.29 is 9.47 Å². The van der Waals surface area contributed by atoms with E-state index in [9.17, 15) is 0 Å².